The normalized spacial score (nSPS) is 21.0. The molecule has 3 N–H and O–H groups in total. The first-order chi connectivity index (χ1) is 22.8. The second kappa shape index (κ2) is 14.6. The third kappa shape index (κ3) is 7.62. The second-order valence-corrected chi connectivity index (χ2v) is 13.5. The smallest absolute Gasteiger partial charge is 0.254 e. The molecular weight excluding hydrogens is 611 g/mol. The van der Waals surface area contributed by atoms with Crippen molar-refractivity contribution < 1.29 is 19.5 Å². The Balaban J connectivity index is 1.21. The standard InChI is InChI=1S/C37H41N5O4S/c1-24-21-41(22-27-13-7-4-8-14-27)37(46)32(38-24)33(43)30(19-26-11-5-3-6-12-26)40-34(44)28-15-9-16-29(20-28)36(45)42-18-10-17-31(42)35-39-25(2)23-47-35/h3-9,11-16,20,23-24,30-33,38,43H,10,17-19,21-22H2,1-2H3,(H,40,44)/t24?,30-,31+,32-,33-/m0/s1. The molecule has 2 aliphatic heterocycles. The summed E-state index contributed by atoms with van der Waals surface area (Å²) in [6, 6.07) is 24.2. The maximum Gasteiger partial charge on any atom is 0.254 e. The Hall–Kier alpha value is -4.38. The van der Waals surface area contributed by atoms with Gasteiger partial charge in [0.25, 0.3) is 11.8 Å². The van der Waals surface area contributed by atoms with E-state index in [0.29, 0.717) is 37.2 Å². The van der Waals surface area contributed by atoms with Crippen LogP contribution in [0, 0.1) is 6.92 Å². The van der Waals surface area contributed by atoms with E-state index in [4.69, 9.17) is 0 Å². The van der Waals surface area contributed by atoms with Gasteiger partial charge in [-0.25, -0.2) is 4.98 Å². The average molecular weight is 652 g/mol. The van der Waals surface area contributed by atoms with Crippen LogP contribution in [0.4, 0.5) is 0 Å². The fourth-order valence-electron chi connectivity index (χ4n) is 6.60. The number of hydrogen-bond donors (Lipinski definition) is 3. The Kier molecular flexibility index (Phi) is 10.1. The first-order valence-corrected chi connectivity index (χ1v) is 17.1. The van der Waals surface area contributed by atoms with Gasteiger partial charge in [-0.2, -0.15) is 0 Å². The van der Waals surface area contributed by atoms with Crippen LogP contribution < -0.4 is 10.6 Å². The van der Waals surface area contributed by atoms with Crippen molar-refractivity contribution in [1.82, 2.24) is 25.4 Å². The first kappa shape index (κ1) is 32.6. The lowest BCUT2D eigenvalue weighted by molar-refractivity contribution is -0.141. The predicted octanol–water partition coefficient (Wildman–Crippen LogP) is 4.52. The number of aryl methyl sites for hydroxylation is 1. The van der Waals surface area contributed by atoms with Crippen LogP contribution in [-0.2, 0) is 17.8 Å². The third-order valence-electron chi connectivity index (χ3n) is 8.93. The summed E-state index contributed by atoms with van der Waals surface area (Å²) in [5.74, 6) is -0.777. The molecule has 3 aromatic carbocycles. The maximum absolute atomic E-state index is 13.8. The number of nitrogens with one attached hydrogen (secondary N) is 2. The SMILES string of the molecule is Cc1csc([C@H]2CCCN2C(=O)c2cccc(C(=O)N[C@@H](Cc3ccccc3)[C@H](O)[C@@H]3NC(C)CN(Cc4ccccc4)C3=O)c2)n1. The summed E-state index contributed by atoms with van der Waals surface area (Å²) in [6.45, 7) is 5.51. The van der Waals surface area contributed by atoms with Crippen molar-refractivity contribution in [3.8, 4) is 0 Å². The number of aliphatic hydroxyl groups excluding tert-OH is 1. The van der Waals surface area contributed by atoms with Gasteiger partial charge < -0.3 is 20.2 Å². The molecule has 3 heterocycles. The number of benzene rings is 3. The van der Waals surface area contributed by atoms with Crippen LogP contribution in [0.3, 0.4) is 0 Å². The summed E-state index contributed by atoms with van der Waals surface area (Å²) in [5.41, 5.74) is 3.60. The summed E-state index contributed by atoms with van der Waals surface area (Å²) in [6.07, 6.45) is 0.842. The minimum Gasteiger partial charge on any atom is -0.389 e. The van der Waals surface area contributed by atoms with Crippen LogP contribution in [-0.4, -0.2) is 74.9 Å². The van der Waals surface area contributed by atoms with Gasteiger partial charge in [-0.1, -0.05) is 66.7 Å². The topological polar surface area (TPSA) is 115 Å². The fourth-order valence-corrected chi connectivity index (χ4v) is 7.54. The lowest BCUT2D eigenvalue weighted by Crippen LogP contribution is -2.66. The van der Waals surface area contributed by atoms with E-state index in [9.17, 15) is 19.5 Å². The summed E-state index contributed by atoms with van der Waals surface area (Å²) in [4.78, 5) is 49.5. The summed E-state index contributed by atoms with van der Waals surface area (Å²) in [5, 5.41) is 21.0. The van der Waals surface area contributed by atoms with Gasteiger partial charge in [-0.3, -0.25) is 19.7 Å². The van der Waals surface area contributed by atoms with Gasteiger partial charge in [0, 0.05) is 47.9 Å². The molecular formula is C37H41N5O4S. The highest BCUT2D eigenvalue weighted by molar-refractivity contribution is 7.09. The van der Waals surface area contributed by atoms with Gasteiger partial charge in [0.15, 0.2) is 0 Å². The van der Waals surface area contributed by atoms with Crippen molar-refractivity contribution >= 4 is 29.1 Å². The van der Waals surface area contributed by atoms with Gasteiger partial charge in [0.05, 0.1) is 18.2 Å². The molecule has 2 aliphatic rings. The highest BCUT2D eigenvalue weighted by atomic mass is 32.1. The number of amides is 3. The molecule has 9 nitrogen and oxygen atoms in total. The molecule has 1 aromatic heterocycles. The Morgan fingerprint density at radius 3 is 2.43 bits per heavy atom. The maximum atomic E-state index is 13.8. The molecule has 5 atom stereocenters. The number of hydrogen-bond acceptors (Lipinski definition) is 7. The molecule has 2 saturated heterocycles. The van der Waals surface area contributed by atoms with Crippen LogP contribution >= 0.6 is 11.3 Å². The molecule has 47 heavy (non-hydrogen) atoms. The lowest BCUT2D eigenvalue weighted by atomic mass is 9.93. The number of likely N-dealkylation sites (tertiary alicyclic amines) is 1. The largest absolute Gasteiger partial charge is 0.389 e. The zero-order valence-electron chi connectivity index (χ0n) is 26.7. The number of piperazine rings is 1. The van der Waals surface area contributed by atoms with Crippen LogP contribution in [0.25, 0.3) is 0 Å². The molecule has 0 bridgehead atoms. The average Bonchev–Trinajstić information content (AvgIpc) is 3.75. The van der Waals surface area contributed by atoms with E-state index in [1.807, 2.05) is 84.8 Å². The number of nitrogens with zero attached hydrogens (tertiary/aromatic N) is 3. The number of carbonyl (C=O) groups excluding carboxylic acids is 3. The second-order valence-electron chi connectivity index (χ2n) is 12.6. The van der Waals surface area contributed by atoms with Crippen molar-refractivity contribution in [3.63, 3.8) is 0 Å². The fraction of sp³-hybridized carbons (Fsp3) is 0.351. The minimum atomic E-state index is -1.22. The van der Waals surface area contributed by atoms with E-state index < -0.39 is 24.1 Å². The summed E-state index contributed by atoms with van der Waals surface area (Å²) < 4.78 is 0. The molecule has 10 heteroatoms. The van der Waals surface area contributed by atoms with Crippen molar-refractivity contribution in [2.45, 2.75) is 69.9 Å². The zero-order chi connectivity index (χ0) is 32.9. The Morgan fingerprint density at radius 1 is 1.02 bits per heavy atom. The quantitative estimate of drug-likeness (QED) is 0.232. The molecule has 3 amide bonds. The molecule has 0 saturated carbocycles. The van der Waals surface area contributed by atoms with Gasteiger partial charge in [0.1, 0.15) is 11.0 Å². The number of aliphatic hydroxyl groups is 1. The van der Waals surface area contributed by atoms with Crippen LogP contribution in [0.2, 0.25) is 0 Å². The van der Waals surface area contributed by atoms with Gasteiger partial charge in [-0.05, 0) is 62.4 Å². The van der Waals surface area contributed by atoms with E-state index in [-0.39, 0.29) is 23.9 Å². The summed E-state index contributed by atoms with van der Waals surface area (Å²) >= 11 is 1.57. The van der Waals surface area contributed by atoms with E-state index in [0.717, 1.165) is 34.7 Å². The molecule has 4 aromatic rings. The molecule has 2 fully saturated rings. The molecule has 0 spiro atoms. The number of carbonyl (C=O) groups is 3. The number of thiazole rings is 1. The van der Waals surface area contributed by atoms with Crippen molar-refractivity contribution in [1.29, 1.82) is 0 Å². The van der Waals surface area contributed by atoms with Crippen LogP contribution in [0.15, 0.2) is 90.3 Å². The Labute approximate surface area is 279 Å². The molecule has 1 unspecified atom stereocenters. The predicted molar refractivity (Wildman–Crippen MR) is 182 cm³/mol. The zero-order valence-corrected chi connectivity index (χ0v) is 27.5. The third-order valence-corrected chi connectivity index (χ3v) is 9.99. The van der Waals surface area contributed by atoms with Crippen molar-refractivity contribution in [2.24, 2.45) is 0 Å². The highest BCUT2D eigenvalue weighted by Crippen LogP contribution is 2.35. The molecule has 6 rings (SSSR count). The summed E-state index contributed by atoms with van der Waals surface area (Å²) in [7, 11) is 0. The van der Waals surface area contributed by atoms with E-state index >= 15 is 0 Å². The highest BCUT2D eigenvalue weighted by Gasteiger charge is 2.40. The van der Waals surface area contributed by atoms with E-state index in [2.05, 4.69) is 15.6 Å². The van der Waals surface area contributed by atoms with Gasteiger partial charge in [-0.15, -0.1) is 11.3 Å². The molecule has 0 radical (unpaired) electrons. The van der Waals surface area contributed by atoms with E-state index in [1.165, 1.54) is 0 Å². The van der Waals surface area contributed by atoms with Gasteiger partial charge in [0.2, 0.25) is 5.91 Å². The lowest BCUT2D eigenvalue weighted by Gasteiger charge is -2.41. The van der Waals surface area contributed by atoms with Crippen LogP contribution in [0.1, 0.15) is 68.4 Å². The Bertz CT molecular complexity index is 1700. The van der Waals surface area contributed by atoms with Gasteiger partial charge >= 0.3 is 0 Å². The number of aromatic nitrogens is 1. The van der Waals surface area contributed by atoms with Crippen LogP contribution in [0.5, 0.6) is 0 Å². The van der Waals surface area contributed by atoms with Crippen molar-refractivity contribution in [2.75, 3.05) is 13.1 Å². The monoisotopic (exact) mass is 651 g/mol. The van der Waals surface area contributed by atoms with E-state index in [1.54, 1.807) is 40.5 Å². The first-order valence-electron chi connectivity index (χ1n) is 16.2. The Morgan fingerprint density at radius 2 is 1.72 bits per heavy atom. The molecule has 244 valence electrons. The number of rotatable bonds is 10. The molecule has 0 aliphatic carbocycles. The minimum absolute atomic E-state index is 0.0606. The van der Waals surface area contributed by atoms with Crippen molar-refractivity contribution in [3.05, 3.63) is 123 Å².